The average molecular weight is 490 g/mol. The van der Waals surface area contributed by atoms with Crippen molar-refractivity contribution in [2.45, 2.75) is 57.0 Å². The van der Waals surface area contributed by atoms with Gasteiger partial charge in [-0.1, -0.05) is 43.7 Å². The molecule has 0 saturated carbocycles. The van der Waals surface area contributed by atoms with Gasteiger partial charge in [0.2, 0.25) is 0 Å². The number of rotatable bonds is 11. The van der Waals surface area contributed by atoms with Gasteiger partial charge >= 0.3 is 0 Å². The minimum atomic E-state index is -0.989. The normalized spacial score (nSPS) is 29.3. The van der Waals surface area contributed by atoms with Crippen LogP contribution in [0.25, 0.3) is 0 Å². The number of aliphatic hydroxyl groups excluding tert-OH is 2. The molecule has 0 amide bonds. The molecule has 196 valence electrons. The zero-order valence-electron chi connectivity index (χ0n) is 21.3. The summed E-state index contributed by atoms with van der Waals surface area (Å²) in [5, 5.41) is 28.5. The van der Waals surface area contributed by atoms with Crippen LogP contribution in [0.4, 0.5) is 0 Å². The van der Waals surface area contributed by atoms with Crippen LogP contribution in [0.3, 0.4) is 0 Å². The van der Waals surface area contributed by atoms with Gasteiger partial charge in [-0.25, -0.2) is 4.90 Å². The van der Waals surface area contributed by atoms with E-state index in [1.54, 1.807) is 0 Å². The number of likely N-dealkylation sites (N-methyl/N-ethyl adjacent to an activating group) is 2. The third-order valence-corrected chi connectivity index (χ3v) is 7.25. The van der Waals surface area contributed by atoms with E-state index in [1.165, 1.54) is 5.56 Å². The molecule has 0 aromatic heterocycles. The second-order valence-corrected chi connectivity index (χ2v) is 10.1. The van der Waals surface area contributed by atoms with Crippen LogP contribution in [0, 0.1) is 0 Å². The Hall–Kier alpha value is -1.92. The molecule has 3 heterocycles. The van der Waals surface area contributed by atoms with E-state index in [0.717, 1.165) is 50.5 Å². The van der Waals surface area contributed by atoms with E-state index in [9.17, 15) is 10.2 Å². The topological polar surface area (TPSA) is 113 Å². The summed E-state index contributed by atoms with van der Waals surface area (Å²) < 4.78 is 6.23. The van der Waals surface area contributed by atoms with Gasteiger partial charge in [-0.05, 0) is 26.1 Å². The van der Waals surface area contributed by atoms with Crippen molar-refractivity contribution in [2.75, 3.05) is 53.6 Å². The smallest absolute Gasteiger partial charge is 0.142 e. The fourth-order valence-corrected chi connectivity index (χ4v) is 5.09. The number of nitrogens with two attached hydrogens (primary N) is 1. The van der Waals surface area contributed by atoms with Gasteiger partial charge in [0.1, 0.15) is 36.5 Å². The monoisotopic (exact) mass is 489 g/mol. The number of ether oxygens (including phenoxy) is 1. The number of unbranched alkanes of at least 4 members (excludes halogenated alkanes) is 1. The maximum Gasteiger partial charge on any atom is 0.142 e. The molecule has 10 nitrogen and oxygen atoms in total. The largest absolute Gasteiger partial charge is 0.387 e. The summed E-state index contributed by atoms with van der Waals surface area (Å²) >= 11 is 0. The van der Waals surface area contributed by atoms with Gasteiger partial charge in [-0.15, -0.1) is 0 Å². The van der Waals surface area contributed by atoms with Crippen molar-refractivity contribution >= 4 is 0 Å². The molecule has 1 aromatic carbocycles. The minimum Gasteiger partial charge on any atom is -0.387 e. The number of nitrogens with zero attached hydrogens (tertiary/aromatic N) is 4. The van der Waals surface area contributed by atoms with E-state index in [0.29, 0.717) is 19.9 Å². The molecule has 2 fully saturated rings. The lowest BCUT2D eigenvalue weighted by Gasteiger charge is -2.38. The predicted octanol–water partition coefficient (Wildman–Crippen LogP) is -0.524. The Kier molecular flexibility index (Phi) is 8.87. The first-order chi connectivity index (χ1) is 16.9. The van der Waals surface area contributed by atoms with Gasteiger partial charge in [0, 0.05) is 32.7 Å². The number of benzene rings is 1. The van der Waals surface area contributed by atoms with Crippen molar-refractivity contribution < 1.29 is 14.9 Å². The van der Waals surface area contributed by atoms with Gasteiger partial charge in [-0.2, -0.15) is 0 Å². The highest BCUT2D eigenvalue weighted by atomic mass is 16.6. The summed E-state index contributed by atoms with van der Waals surface area (Å²) in [5.74, 6) is 0.744. The number of fused-ring (bicyclic) bond motifs is 1. The first-order valence-corrected chi connectivity index (χ1v) is 12.8. The Balaban J connectivity index is 1.29. The third kappa shape index (κ3) is 6.08. The lowest BCUT2D eigenvalue weighted by molar-refractivity contribution is -0.102. The molecule has 0 radical (unpaired) electrons. The van der Waals surface area contributed by atoms with Crippen molar-refractivity contribution in [1.82, 2.24) is 30.2 Å². The van der Waals surface area contributed by atoms with Gasteiger partial charge in [0.15, 0.2) is 0 Å². The summed E-state index contributed by atoms with van der Waals surface area (Å²) in [7, 11) is 4.14. The summed E-state index contributed by atoms with van der Waals surface area (Å²) in [4.78, 5) is 8.59. The highest BCUT2D eigenvalue weighted by Crippen LogP contribution is 2.30. The van der Waals surface area contributed by atoms with E-state index in [2.05, 4.69) is 63.6 Å². The van der Waals surface area contributed by atoms with Crippen LogP contribution in [0.2, 0.25) is 0 Å². The van der Waals surface area contributed by atoms with E-state index >= 15 is 0 Å². The lowest BCUT2D eigenvalue weighted by Crippen LogP contribution is -2.57. The molecule has 1 aromatic rings. The van der Waals surface area contributed by atoms with Crippen molar-refractivity contribution in [3.05, 3.63) is 47.4 Å². The first-order valence-electron chi connectivity index (χ1n) is 12.8. The Morgan fingerprint density at radius 2 is 1.83 bits per heavy atom. The molecule has 35 heavy (non-hydrogen) atoms. The average Bonchev–Trinajstić information content (AvgIpc) is 3.40. The molecular formula is C25H43N7O3. The van der Waals surface area contributed by atoms with Gasteiger partial charge in [0.05, 0.1) is 19.0 Å². The molecular weight excluding hydrogens is 446 g/mol. The number of hydrogen-bond donors (Lipinski definition) is 5. The van der Waals surface area contributed by atoms with Crippen LogP contribution >= 0.6 is 0 Å². The molecule has 0 bridgehead atoms. The third-order valence-electron chi connectivity index (χ3n) is 7.25. The highest BCUT2D eigenvalue weighted by molar-refractivity contribution is 5.22. The molecule has 5 atom stereocenters. The van der Waals surface area contributed by atoms with Crippen LogP contribution < -0.4 is 16.4 Å². The number of hydrogen-bond acceptors (Lipinski definition) is 10. The van der Waals surface area contributed by atoms with Crippen LogP contribution in [0.5, 0.6) is 0 Å². The van der Waals surface area contributed by atoms with E-state index in [-0.39, 0.29) is 6.17 Å². The SMILES string of the molecule is CCCCN1CNC2C(=C1N)NCN2[C@@H]1O[C@H](CN(C)CCN(C)Cc2ccccc2)[C@@H](O)[C@H]1O. The van der Waals surface area contributed by atoms with Crippen LogP contribution in [0.1, 0.15) is 25.3 Å². The Morgan fingerprint density at radius 1 is 1.09 bits per heavy atom. The van der Waals surface area contributed by atoms with Gasteiger partial charge < -0.3 is 40.7 Å². The molecule has 2 saturated heterocycles. The van der Waals surface area contributed by atoms with E-state index < -0.39 is 24.5 Å². The molecule has 1 unspecified atom stereocenters. The zero-order chi connectivity index (χ0) is 24.9. The molecule has 0 spiro atoms. The van der Waals surface area contributed by atoms with Crippen molar-refractivity contribution in [1.29, 1.82) is 0 Å². The molecule has 3 aliphatic heterocycles. The zero-order valence-corrected chi connectivity index (χ0v) is 21.3. The quantitative estimate of drug-likeness (QED) is 0.278. The first kappa shape index (κ1) is 26.2. The van der Waals surface area contributed by atoms with Crippen LogP contribution in [0.15, 0.2) is 41.8 Å². The number of aliphatic hydroxyl groups is 2. The standard InChI is InChI=1S/C25H43N7O3/c1-4-5-11-31-16-28-24-20(23(31)26)27-17-32(24)25-22(34)21(33)19(35-25)15-30(3)13-12-29(2)14-18-9-7-6-8-10-18/h6-10,19,21-22,24-25,27-28,33-34H,4-5,11-17,26H2,1-3H3/t19-,21-,22-,24?,25-/m1/s1. The van der Waals surface area contributed by atoms with E-state index in [1.807, 2.05) is 18.0 Å². The maximum atomic E-state index is 10.9. The number of nitrogens with one attached hydrogen (secondary N) is 2. The second kappa shape index (κ2) is 11.9. The van der Waals surface area contributed by atoms with Gasteiger partial charge in [0.25, 0.3) is 0 Å². The summed E-state index contributed by atoms with van der Waals surface area (Å²) in [6, 6.07) is 10.4. The molecule has 6 N–H and O–H groups in total. The summed E-state index contributed by atoms with van der Waals surface area (Å²) in [5.41, 5.74) is 8.64. The van der Waals surface area contributed by atoms with Crippen LogP contribution in [-0.4, -0.2) is 114 Å². The van der Waals surface area contributed by atoms with Crippen LogP contribution in [-0.2, 0) is 11.3 Å². The predicted molar refractivity (Wildman–Crippen MR) is 135 cm³/mol. The van der Waals surface area contributed by atoms with E-state index in [4.69, 9.17) is 10.5 Å². The Bertz CT molecular complexity index is 842. The van der Waals surface area contributed by atoms with Crippen molar-refractivity contribution in [3.8, 4) is 0 Å². The van der Waals surface area contributed by atoms with Crippen molar-refractivity contribution in [3.63, 3.8) is 0 Å². The Labute approximate surface area is 209 Å². The Morgan fingerprint density at radius 3 is 2.57 bits per heavy atom. The molecule has 10 heteroatoms. The summed E-state index contributed by atoms with van der Waals surface area (Å²) in [6.07, 6.45) is -0.978. The highest BCUT2D eigenvalue weighted by Gasteiger charge is 2.50. The fraction of sp³-hybridized carbons (Fsp3) is 0.680. The molecule has 4 rings (SSSR count). The van der Waals surface area contributed by atoms with Gasteiger partial charge in [-0.3, -0.25) is 5.32 Å². The second-order valence-electron chi connectivity index (χ2n) is 10.1. The molecule has 0 aliphatic carbocycles. The minimum absolute atomic E-state index is 0.164. The molecule has 3 aliphatic rings. The maximum absolute atomic E-state index is 10.9. The fourth-order valence-electron chi connectivity index (χ4n) is 5.09. The lowest BCUT2D eigenvalue weighted by atomic mass is 10.1. The van der Waals surface area contributed by atoms with Crippen molar-refractivity contribution in [2.24, 2.45) is 5.73 Å². The summed E-state index contributed by atoms with van der Waals surface area (Å²) in [6.45, 7) is 7.38.